The highest BCUT2D eigenvalue weighted by Gasteiger charge is 2.14. The van der Waals surface area contributed by atoms with E-state index in [1.54, 1.807) is 0 Å². The molecule has 0 radical (unpaired) electrons. The number of nitro groups is 1. The van der Waals surface area contributed by atoms with Gasteiger partial charge in [0.25, 0.3) is 5.69 Å². The first kappa shape index (κ1) is 15.5. The topological polar surface area (TPSA) is 145 Å². The van der Waals surface area contributed by atoms with Crippen molar-refractivity contribution in [2.45, 2.75) is 6.04 Å². The van der Waals surface area contributed by atoms with Crippen LogP contribution in [0, 0.1) is 10.1 Å². The number of aliphatic hydroxyl groups excluding tert-OH is 1. The number of ether oxygens (including phenoxy) is 1. The number of carbonyl (C=O) groups excluding carboxylic acids is 2. The second-order valence-electron chi connectivity index (χ2n) is 3.73. The van der Waals surface area contributed by atoms with E-state index >= 15 is 0 Å². The van der Waals surface area contributed by atoms with Gasteiger partial charge in [-0.3, -0.25) is 14.9 Å². The maximum absolute atomic E-state index is 11.4. The number of carbonyl (C=O) groups is 2. The second-order valence-corrected chi connectivity index (χ2v) is 3.73. The van der Waals surface area contributed by atoms with Crippen LogP contribution in [0.5, 0.6) is 5.75 Å². The molecular formula is C11H13N3O6. The summed E-state index contributed by atoms with van der Waals surface area (Å²) < 4.78 is 4.83. The van der Waals surface area contributed by atoms with Crippen molar-refractivity contribution in [3.8, 4) is 5.75 Å². The van der Waals surface area contributed by atoms with E-state index in [1.807, 2.05) is 0 Å². The van der Waals surface area contributed by atoms with E-state index in [9.17, 15) is 19.7 Å². The molecule has 0 aliphatic carbocycles. The molecule has 0 aliphatic rings. The van der Waals surface area contributed by atoms with Crippen molar-refractivity contribution in [3.05, 3.63) is 34.4 Å². The molecule has 0 spiro atoms. The molecule has 1 atom stereocenters. The SMILES string of the molecule is NC(CO)C(=O)NCC(=O)Oc1ccc([N+](=O)[O-])cc1. The molecule has 0 heterocycles. The maximum Gasteiger partial charge on any atom is 0.330 e. The Balaban J connectivity index is 2.46. The summed E-state index contributed by atoms with van der Waals surface area (Å²) in [5, 5.41) is 21.2. The van der Waals surface area contributed by atoms with Crippen LogP contribution in [0.3, 0.4) is 0 Å². The second kappa shape index (κ2) is 7.16. The van der Waals surface area contributed by atoms with Gasteiger partial charge in [-0.2, -0.15) is 0 Å². The lowest BCUT2D eigenvalue weighted by Crippen LogP contribution is -2.45. The fraction of sp³-hybridized carbons (Fsp3) is 0.273. The van der Waals surface area contributed by atoms with Gasteiger partial charge in [0.1, 0.15) is 18.3 Å². The zero-order chi connectivity index (χ0) is 15.1. The van der Waals surface area contributed by atoms with Crippen LogP contribution in [-0.4, -0.2) is 41.1 Å². The Labute approximate surface area is 113 Å². The molecular weight excluding hydrogens is 270 g/mol. The van der Waals surface area contributed by atoms with Crippen LogP contribution in [0.1, 0.15) is 0 Å². The van der Waals surface area contributed by atoms with E-state index < -0.39 is 36.0 Å². The van der Waals surface area contributed by atoms with Crippen molar-refractivity contribution in [1.82, 2.24) is 5.32 Å². The molecule has 0 saturated heterocycles. The average molecular weight is 283 g/mol. The largest absolute Gasteiger partial charge is 0.425 e. The van der Waals surface area contributed by atoms with E-state index in [0.29, 0.717) is 0 Å². The molecule has 4 N–H and O–H groups in total. The van der Waals surface area contributed by atoms with Crippen LogP contribution in [-0.2, 0) is 9.59 Å². The van der Waals surface area contributed by atoms with Crippen LogP contribution in [0.4, 0.5) is 5.69 Å². The number of benzene rings is 1. The summed E-state index contributed by atoms with van der Waals surface area (Å²) >= 11 is 0. The Morgan fingerprint density at radius 3 is 2.50 bits per heavy atom. The van der Waals surface area contributed by atoms with Crippen molar-refractivity contribution in [2.75, 3.05) is 13.2 Å². The van der Waals surface area contributed by atoms with Crippen LogP contribution in [0.25, 0.3) is 0 Å². The average Bonchev–Trinajstić information content (AvgIpc) is 2.44. The summed E-state index contributed by atoms with van der Waals surface area (Å²) in [6.45, 7) is -0.966. The monoisotopic (exact) mass is 283 g/mol. The number of hydrogen-bond donors (Lipinski definition) is 3. The standard InChI is InChI=1S/C11H13N3O6/c12-9(6-15)11(17)13-5-10(16)20-8-3-1-7(2-4-8)14(18)19/h1-4,9,15H,5-6,12H2,(H,13,17). The highest BCUT2D eigenvalue weighted by Crippen LogP contribution is 2.17. The fourth-order valence-corrected chi connectivity index (χ4v) is 1.18. The summed E-state index contributed by atoms with van der Waals surface area (Å²) in [5.74, 6) is -1.34. The molecule has 0 fully saturated rings. The Kier molecular flexibility index (Phi) is 5.56. The molecule has 1 amide bonds. The summed E-state index contributed by atoms with van der Waals surface area (Å²) in [6.07, 6.45) is 0. The van der Waals surface area contributed by atoms with Crippen LogP contribution >= 0.6 is 0 Å². The Hall–Kier alpha value is -2.52. The predicted molar refractivity (Wildman–Crippen MR) is 66.8 cm³/mol. The zero-order valence-corrected chi connectivity index (χ0v) is 10.3. The minimum Gasteiger partial charge on any atom is -0.425 e. The van der Waals surface area contributed by atoms with Crippen molar-refractivity contribution in [3.63, 3.8) is 0 Å². The summed E-state index contributed by atoms with van der Waals surface area (Å²) in [7, 11) is 0. The normalized spacial score (nSPS) is 11.5. The number of esters is 1. The van der Waals surface area contributed by atoms with Gasteiger partial charge in [0.05, 0.1) is 11.5 Å². The number of aliphatic hydroxyl groups is 1. The predicted octanol–water partition coefficient (Wildman–Crippen LogP) is -1.06. The number of nitro benzene ring substituents is 1. The lowest BCUT2D eigenvalue weighted by Gasteiger charge is -2.09. The van der Waals surface area contributed by atoms with Crippen LogP contribution < -0.4 is 15.8 Å². The number of nitrogens with two attached hydrogens (primary N) is 1. The summed E-state index contributed by atoms with van der Waals surface area (Å²) in [4.78, 5) is 32.4. The number of rotatable bonds is 6. The van der Waals surface area contributed by atoms with Gasteiger partial charge in [-0.05, 0) is 12.1 Å². The van der Waals surface area contributed by atoms with Gasteiger partial charge >= 0.3 is 5.97 Å². The molecule has 0 aromatic heterocycles. The minimum absolute atomic E-state index is 0.112. The van der Waals surface area contributed by atoms with Crippen LogP contribution in [0.2, 0.25) is 0 Å². The van der Waals surface area contributed by atoms with E-state index in [0.717, 1.165) is 0 Å². The van der Waals surface area contributed by atoms with Gasteiger partial charge in [-0.25, -0.2) is 4.79 Å². The lowest BCUT2D eigenvalue weighted by molar-refractivity contribution is -0.384. The summed E-state index contributed by atoms with van der Waals surface area (Å²) in [5.41, 5.74) is 5.09. The van der Waals surface area contributed by atoms with Crippen molar-refractivity contribution in [1.29, 1.82) is 0 Å². The summed E-state index contributed by atoms with van der Waals surface area (Å²) in [6, 6.07) is 3.78. The number of amides is 1. The van der Waals surface area contributed by atoms with Crippen molar-refractivity contribution in [2.24, 2.45) is 5.73 Å². The minimum atomic E-state index is -1.11. The lowest BCUT2D eigenvalue weighted by atomic mass is 10.3. The quantitative estimate of drug-likeness (QED) is 0.261. The third-order valence-electron chi connectivity index (χ3n) is 2.22. The highest BCUT2D eigenvalue weighted by atomic mass is 16.6. The molecule has 9 heteroatoms. The van der Waals surface area contributed by atoms with Gasteiger partial charge in [-0.1, -0.05) is 0 Å². The van der Waals surface area contributed by atoms with Crippen molar-refractivity contribution < 1.29 is 24.4 Å². The molecule has 1 aromatic carbocycles. The number of hydrogen-bond acceptors (Lipinski definition) is 7. The van der Waals surface area contributed by atoms with Gasteiger partial charge in [-0.15, -0.1) is 0 Å². The Morgan fingerprint density at radius 1 is 1.40 bits per heavy atom. The molecule has 1 unspecified atom stereocenters. The highest BCUT2D eigenvalue weighted by molar-refractivity contribution is 5.86. The number of nitrogens with one attached hydrogen (secondary N) is 1. The molecule has 0 aliphatic heterocycles. The molecule has 0 saturated carbocycles. The molecule has 9 nitrogen and oxygen atoms in total. The van der Waals surface area contributed by atoms with E-state index in [-0.39, 0.29) is 11.4 Å². The Morgan fingerprint density at radius 2 is 2.00 bits per heavy atom. The van der Waals surface area contributed by atoms with Crippen molar-refractivity contribution >= 4 is 17.6 Å². The Bertz CT molecular complexity index is 501. The molecule has 1 rings (SSSR count). The van der Waals surface area contributed by atoms with Gasteiger partial charge in [0.15, 0.2) is 0 Å². The zero-order valence-electron chi connectivity index (χ0n) is 10.3. The van der Waals surface area contributed by atoms with Gasteiger partial charge < -0.3 is 20.9 Å². The number of non-ortho nitro benzene ring substituents is 1. The smallest absolute Gasteiger partial charge is 0.330 e. The van der Waals surface area contributed by atoms with E-state index in [1.165, 1.54) is 24.3 Å². The third kappa shape index (κ3) is 4.63. The molecule has 20 heavy (non-hydrogen) atoms. The number of nitrogens with zero attached hydrogens (tertiary/aromatic N) is 1. The molecule has 108 valence electrons. The first-order chi connectivity index (χ1) is 9.43. The maximum atomic E-state index is 11.4. The fourth-order valence-electron chi connectivity index (χ4n) is 1.18. The first-order valence-electron chi connectivity index (χ1n) is 5.53. The molecule has 1 aromatic rings. The van der Waals surface area contributed by atoms with E-state index in [4.69, 9.17) is 15.6 Å². The molecule has 0 bridgehead atoms. The van der Waals surface area contributed by atoms with Crippen LogP contribution in [0.15, 0.2) is 24.3 Å². The first-order valence-corrected chi connectivity index (χ1v) is 5.53. The third-order valence-corrected chi connectivity index (χ3v) is 2.22. The van der Waals surface area contributed by atoms with Gasteiger partial charge in [0.2, 0.25) is 5.91 Å². The van der Waals surface area contributed by atoms with E-state index in [2.05, 4.69) is 5.32 Å². The van der Waals surface area contributed by atoms with Gasteiger partial charge in [0, 0.05) is 12.1 Å².